The number of nitrogens with zero attached hydrogens (tertiary/aromatic N) is 1. The lowest BCUT2D eigenvalue weighted by atomic mass is 10.2. The van der Waals surface area contributed by atoms with E-state index < -0.39 is 23.7 Å². The maximum atomic E-state index is 11.7. The molecular formula is C16H20N2O6S. The van der Waals surface area contributed by atoms with Crippen LogP contribution in [0, 0.1) is 0 Å². The van der Waals surface area contributed by atoms with E-state index in [1.54, 1.807) is 39.0 Å². The second-order valence-corrected chi connectivity index (χ2v) is 7.24. The van der Waals surface area contributed by atoms with Crippen LogP contribution >= 0.6 is 11.8 Å². The number of carboxylic acid groups (broad SMARTS) is 1. The number of hydrogen-bond donors (Lipinski definition) is 2. The molecule has 2 aromatic rings. The molecule has 0 saturated carbocycles. The molecule has 2 rings (SSSR count). The lowest BCUT2D eigenvalue weighted by molar-refractivity contribution is -0.138. The minimum absolute atomic E-state index is 0.164. The minimum atomic E-state index is -1.13. The number of nitrogens with one attached hydrogen (secondary N) is 1. The summed E-state index contributed by atoms with van der Waals surface area (Å²) in [7, 11) is 0. The fourth-order valence-electron chi connectivity index (χ4n) is 1.82. The summed E-state index contributed by atoms with van der Waals surface area (Å²) in [6.45, 7) is 5.12. The van der Waals surface area contributed by atoms with E-state index in [-0.39, 0.29) is 5.75 Å². The number of furan rings is 1. The van der Waals surface area contributed by atoms with Crippen LogP contribution in [0.3, 0.4) is 0 Å². The van der Waals surface area contributed by atoms with Crippen LogP contribution in [-0.2, 0) is 15.3 Å². The molecule has 25 heavy (non-hydrogen) atoms. The third-order valence-corrected chi connectivity index (χ3v) is 3.92. The summed E-state index contributed by atoms with van der Waals surface area (Å²) >= 11 is 1.31. The fourth-order valence-corrected chi connectivity index (χ4v) is 2.75. The standard InChI is InChI=1S/C16H20N2O6S/c1-16(2,3)23-15(21)17-11(14(19)20)9-25-8-10-7-13(24-18-10)12-5-4-6-22-12/h4-7,11H,8-9H2,1-3H3,(H,17,21)(H,19,20). The first-order valence-electron chi connectivity index (χ1n) is 7.54. The van der Waals surface area contributed by atoms with Gasteiger partial charge in [0.05, 0.1) is 12.0 Å². The second-order valence-electron chi connectivity index (χ2n) is 6.21. The molecule has 2 aromatic heterocycles. The molecule has 0 aliphatic rings. The number of rotatable bonds is 7. The van der Waals surface area contributed by atoms with Crippen LogP contribution in [0.1, 0.15) is 26.5 Å². The molecule has 1 unspecified atom stereocenters. The van der Waals surface area contributed by atoms with Gasteiger partial charge in [0.2, 0.25) is 5.76 Å². The lowest BCUT2D eigenvalue weighted by Gasteiger charge is -2.21. The summed E-state index contributed by atoms with van der Waals surface area (Å²) in [5.41, 5.74) is -0.0405. The van der Waals surface area contributed by atoms with Crippen molar-refractivity contribution in [1.29, 1.82) is 0 Å². The molecule has 0 saturated heterocycles. The Morgan fingerprint density at radius 1 is 1.40 bits per heavy atom. The Morgan fingerprint density at radius 2 is 2.16 bits per heavy atom. The van der Waals surface area contributed by atoms with E-state index in [4.69, 9.17) is 13.7 Å². The predicted octanol–water partition coefficient (Wildman–Crippen LogP) is 3.15. The van der Waals surface area contributed by atoms with Crippen molar-refractivity contribution in [3.05, 3.63) is 30.2 Å². The number of aromatic nitrogens is 1. The number of aliphatic carboxylic acids is 1. The third-order valence-electron chi connectivity index (χ3n) is 2.85. The highest BCUT2D eigenvalue weighted by Crippen LogP contribution is 2.22. The molecule has 0 aromatic carbocycles. The van der Waals surface area contributed by atoms with E-state index in [0.29, 0.717) is 23.0 Å². The van der Waals surface area contributed by atoms with E-state index in [2.05, 4.69) is 10.5 Å². The Labute approximate surface area is 148 Å². The summed E-state index contributed by atoms with van der Waals surface area (Å²) in [5.74, 6) is 0.539. The molecule has 1 atom stereocenters. The van der Waals surface area contributed by atoms with E-state index in [1.807, 2.05) is 0 Å². The van der Waals surface area contributed by atoms with Gasteiger partial charge < -0.3 is 24.1 Å². The third kappa shape index (κ3) is 6.18. The largest absolute Gasteiger partial charge is 0.480 e. The van der Waals surface area contributed by atoms with Crippen LogP contribution in [0.4, 0.5) is 4.79 Å². The zero-order valence-corrected chi connectivity index (χ0v) is 15.0. The van der Waals surface area contributed by atoms with Crippen LogP contribution in [0.15, 0.2) is 33.4 Å². The molecule has 2 N–H and O–H groups in total. The van der Waals surface area contributed by atoms with E-state index >= 15 is 0 Å². The number of amides is 1. The highest BCUT2D eigenvalue weighted by atomic mass is 32.2. The molecule has 9 heteroatoms. The van der Waals surface area contributed by atoms with Crippen molar-refractivity contribution >= 4 is 23.8 Å². The predicted molar refractivity (Wildman–Crippen MR) is 91.2 cm³/mol. The molecule has 0 aliphatic heterocycles. The van der Waals surface area contributed by atoms with E-state index in [9.17, 15) is 14.7 Å². The Morgan fingerprint density at radius 3 is 2.76 bits per heavy atom. The molecule has 0 radical (unpaired) electrons. The smallest absolute Gasteiger partial charge is 0.408 e. The first-order valence-corrected chi connectivity index (χ1v) is 8.69. The Balaban J connectivity index is 1.83. The van der Waals surface area contributed by atoms with Gasteiger partial charge in [0.1, 0.15) is 11.6 Å². The lowest BCUT2D eigenvalue weighted by Crippen LogP contribution is -2.44. The maximum absolute atomic E-state index is 11.7. The van der Waals surface area contributed by atoms with Gasteiger partial charge in [0, 0.05) is 17.6 Å². The first-order chi connectivity index (χ1) is 11.7. The van der Waals surface area contributed by atoms with Crippen LogP contribution in [-0.4, -0.2) is 39.7 Å². The topological polar surface area (TPSA) is 115 Å². The molecule has 2 heterocycles. The van der Waals surface area contributed by atoms with Crippen LogP contribution in [0.2, 0.25) is 0 Å². The van der Waals surface area contributed by atoms with E-state index in [0.717, 1.165) is 0 Å². The second kappa shape index (κ2) is 8.11. The summed E-state index contributed by atoms with van der Waals surface area (Å²) in [6.07, 6.45) is 0.772. The molecule has 0 aliphatic carbocycles. The molecule has 136 valence electrons. The average molecular weight is 368 g/mol. The molecule has 8 nitrogen and oxygen atoms in total. The quantitative estimate of drug-likeness (QED) is 0.766. The summed E-state index contributed by atoms with van der Waals surface area (Å²) in [5, 5.41) is 15.5. The average Bonchev–Trinajstić information content (AvgIpc) is 3.15. The number of hydrogen-bond acceptors (Lipinski definition) is 7. The molecule has 0 spiro atoms. The summed E-state index contributed by atoms with van der Waals surface area (Å²) in [4.78, 5) is 23.0. The Hall–Kier alpha value is -2.42. The van der Waals surface area contributed by atoms with Crippen molar-refractivity contribution in [2.75, 3.05) is 5.75 Å². The highest BCUT2D eigenvalue weighted by molar-refractivity contribution is 7.98. The Kier molecular flexibility index (Phi) is 6.13. The Bertz CT molecular complexity index is 705. The van der Waals surface area contributed by atoms with Crippen molar-refractivity contribution < 1.29 is 28.4 Å². The highest BCUT2D eigenvalue weighted by Gasteiger charge is 2.24. The number of thioether (sulfide) groups is 1. The zero-order valence-electron chi connectivity index (χ0n) is 14.1. The van der Waals surface area contributed by atoms with Crippen LogP contribution < -0.4 is 5.32 Å². The van der Waals surface area contributed by atoms with Crippen molar-refractivity contribution in [3.63, 3.8) is 0 Å². The number of carboxylic acids is 1. The maximum Gasteiger partial charge on any atom is 0.408 e. The van der Waals surface area contributed by atoms with Gasteiger partial charge in [0.25, 0.3) is 0 Å². The fraction of sp³-hybridized carbons (Fsp3) is 0.438. The number of ether oxygens (including phenoxy) is 1. The number of carbonyl (C=O) groups excluding carboxylic acids is 1. The van der Waals surface area contributed by atoms with Crippen molar-refractivity contribution in [2.45, 2.75) is 38.2 Å². The summed E-state index contributed by atoms with van der Waals surface area (Å²) in [6, 6.07) is 4.16. The van der Waals surface area contributed by atoms with Gasteiger partial charge in [-0.1, -0.05) is 5.16 Å². The van der Waals surface area contributed by atoms with Crippen molar-refractivity contribution in [2.24, 2.45) is 0 Å². The molecule has 0 bridgehead atoms. The van der Waals surface area contributed by atoms with Gasteiger partial charge in [-0.3, -0.25) is 0 Å². The van der Waals surface area contributed by atoms with Gasteiger partial charge in [-0.05, 0) is 32.9 Å². The van der Waals surface area contributed by atoms with Crippen molar-refractivity contribution in [1.82, 2.24) is 10.5 Å². The van der Waals surface area contributed by atoms with Crippen molar-refractivity contribution in [3.8, 4) is 11.5 Å². The van der Waals surface area contributed by atoms with Gasteiger partial charge in [-0.25, -0.2) is 9.59 Å². The minimum Gasteiger partial charge on any atom is -0.480 e. The summed E-state index contributed by atoms with van der Waals surface area (Å²) < 4.78 is 15.4. The normalized spacial score (nSPS) is 12.6. The molecule has 1 amide bonds. The van der Waals surface area contributed by atoms with Crippen LogP contribution in [0.5, 0.6) is 0 Å². The number of carbonyl (C=O) groups is 2. The van der Waals surface area contributed by atoms with Gasteiger partial charge >= 0.3 is 12.1 Å². The monoisotopic (exact) mass is 368 g/mol. The van der Waals surface area contributed by atoms with Gasteiger partial charge in [-0.2, -0.15) is 11.8 Å². The van der Waals surface area contributed by atoms with Gasteiger partial charge in [-0.15, -0.1) is 0 Å². The van der Waals surface area contributed by atoms with Crippen LogP contribution in [0.25, 0.3) is 11.5 Å². The zero-order chi connectivity index (χ0) is 18.4. The van der Waals surface area contributed by atoms with Gasteiger partial charge in [0.15, 0.2) is 5.76 Å². The SMILES string of the molecule is CC(C)(C)OC(=O)NC(CSCc1cc(-c2ccco2)on1)C(=O)O. The first kappa shape index (κ1) is 18.9. The molecular weight excluding hydrogens is 348 g/mol. The van der Waals surface area contributed by atoms with E-state index in [1.165, 1.54) is 18.0 Å². The number of alkyl carbamates (subject to hydrolysis) is 1. The molecule has 0 fully saturated rings.